The fourth-order valence-corrected chi connectivity index (χ4v) is 2.34. The van der Waals surface area contributed by atoms with Crippen LogP contribution in [0.3, 0.4) is 0 Å². The number of ether oxygens (including phenoxy) is 1. The second-order valence-corrected chi connectivity index (χ2v) is 6.08. The Morgan fingerprint density at radius 3 is 2.35 bits per heavy atom. The molecule has 3 aromatic rings. The van der Waals surface area contributed by atoms with Gasteiger partial charge in [0.15, 0.2) is 11.6 Å². The molecule has 0 fully saturated rings. The fourth-order valence-electron chi connectivity index (χ4n) is 2.11. The first-order valence-corrected chi connectivity index (χ1v) is 8.30. The van der Waals surface area contributed by atoms with E-state index in [0.717, 1.165) is 10.2 Å². The van der Waals surface area contributed by atoms with Crippen molar-refractivity contribution in [2.24, 2.45) is 0 Å². The van der Waals surface area contributed by atoms with Crippen LogP contribution in [0.15, 0.2) is 53.4 Å². The molecule has 0 saturated carbocycles. The molecule has 26 heavy (non-hydrogen) atoms. The van der Waals surface area contributed by atoms with Gasteiger partial charge in [-0.1, -0.05) is 0 Å². The Labute approximate surface area is 158 Å². The summed E-state index contributed by atoms with van der Waals surface area (Å²) in [5, 5.41) is 6.14. The third-order valence-electron chi connectivity index (χ3n) is 3.43. The molecule has 9 heteroatoms. The number of nitrogens with zero attached hydrogens (tertiary/aromatic N) is 3. The van der Waals surface area contributed by atoms with Gasteiger partial charge in [0, 0.05) is 16.4 Å². The first-order chi connectivity index (χ1) is 12.6. The highest BCUT2D eigenvalue weighted by Gasteiger charge is 2.10. The van der Waals surface area contributed by atoms with E-state index in [1.807, 2.05) is 6.07 Å². The highest BCUT2D eigenvalue weighted by molar-refractivity contribution is 9.10. The molecule has 0 atom stereocenters. The summed E-state index contributed by atoms with van der Waals surface area (Å²) in [7, 11) is 1.34. The molecule has 8 nitrogen and oxygen atoms in total. The zero-order chi connectivity index (χ0) is 18.5. The van der Waals surface area contributed by atoms with Gasteiger partial charge in [0.1, 0.15) is 17.8 Å². The van der Waals surface area contributed by atoms with Crippen LogP contribution in [-0.4, -0.2) is 28.0 Å². The monoisotopic (exact) mass is 414 g/mol. The van der Waals surface area contributed by atoms with Gasteiger partial charge in [-0.05, 0) is 52.3 Å². The molecule has 0 radical (unpaired) electrons. The van der Waals surface area contributed by atoms with Crippen molar-refractivity contribution in [1.82, 2.24) is 15.0 Å². The van der Waals surface area contributed by atoms with Gasteiger partial charge in [0.2, 0.25) is 0 Å². The standard InChI is InChI=1S/C17H15BrN6O2/c1-26-17(25)10-2-5-12(6-3-10)23-15-14(19)16(22-9-21-15)24-13-7-4-11(18)8-20-13/h2-9H,19H2,1H3,(H2,20,21,22,23,24). The van der Waals surface area contributed by atoms with E-state index in [0.29, 0.717) is 28.7 Å². The summed E-state index contributed by atoms with van der Waals surface area (Å²) < 4.78 is 5.55. The number of esters is 1. The van der Waals surface area contributed by atoms with E-state index in [1.165, 1.54) is 13.4 Å². The van der Waals surface area contributed by atoms with Crippen molar-refractivity contribution in [3.05, 3.63) is 59.0 Å². The zero-order valence-corrected chi connectivity index (χ0v) is 15.3. The van der Waals surface area contributed by atoms with Crippen LogP contribution in [0.5, 0.6) is 0 Å². The number of nitrogen functional groups attached to an aromatic ring is 1. The summed E-state index contributed by atoms with van der Waals surface area (Å²) >= 11 is 3.33. The number of methoxy groups -OCH3 is 1. The number of carbonyl (C=O) groups is 1. The number of nitrogens with one attached hydrogen (secondary N) is 2. The Balaban J connectivity index is 1.78. The third kappa shape index (κ3) is 4.06. The molecular weight excluding hydrogens is 400 g/mol. The maximum Gasteiger partial charge on any atom is 0.337 e. The molecule has 0 spiro atoms. The number of rotatable bonds is 5. The minimum atomic E-state index is -0.397. The van der Waals surface area contributed by atoms with Gasteiger partial charge in [-0.3, -0.25) is 0 Å². The van der Waals surface area contributed by atoms with Crippen molar-refractivity contribution < 1.29 is 9.53 Å². The first kappa shape index (κ1) is 17.6. The fraction of sp³-hybridized carbons (Fsp3) is 0.0588. The average molecular weight is 415 g/mol. The van der Waals surface area contributed by atoms with Crippen LogP contribution < -0.4 is 16.4 Å². The van der Waals surface area contributed by atoms with E-state index in [9.17, 15) is 4.79 Å². The van der Waals surface area contributed by atoms with Gasteiger partial charge < -0.3 is 21.1 Å². The maximum absolute atomic E-state index is 11.5. The molecule has 2 heterocycles. The zero-order valence-electron chi connectivity index (χ0n) is 13.7. The van der Waals surface area contributed by atoms with Crippen molar-refractivity contribution in [1.29, 1.82) is 0 Å². The summed E-state index contributed by atoms with van der Waals surface area (Å²) in [6.07, 6.45) is 3.06. The molecule has 1 aromatic carbocycles. The molecule has 2 aromatic heterocycles. The van der Waals surface area contributed by atoms with Crippen LogP contribution in [0.4, 0.5) is 28.8 Å². The van der Waals surface area contributed by atoms with Crippen LogP contribution in [-0.2, 0) is 4.74 Å². The number of hydrogen-bond donors (Lipinski definition) is 3. The van der Waals surface area contributed by atoms with Crippen molar-refractivity contribution in [2.75, 3.05) is 23.5 Å². The predicted octanol–water partition coefficient (Wildman–Crippen LogP) is 3.49. The first-order valence-electron chi connectivity index (χ1n) is 7.51. The minimum absolute atomic E-state index is 0.342. The van der Waals surface area contributed by atoms with E-state index in [1.54, 1.807) is 36.5 Å². The number of benzene rings is 1. The highest BCUT2D eigenvalue weighted by Crippen LogP contribution is 2.27. The number of aromatic nitrogens is 3. The van der Waals surface area contributed by atoms with Crippen LogP contribution in [0.25, 0.3) is 0 Å². The summed E-state index contributed by atoms with van der Waals surface area (Å²) in [6, 6.07) is 10.4. The highest BCUT2D eigenvalue weighted by atomic mass is 79.9. The number of nitrogens with two attached hydrogens (primary N) is 1. The lowest BCUT2D eigenvalue weighted by Crippen LogP contribution is -2.06. The lowest BCUT2D eigenvalue weighted by atomic mass is 10.2. The van der Waals surface area contributed by atoms with Crippen LogP contribution in [0, 0.1) is 0 Å². The van der Waals surface area contributed by atoms with Crippen molar-refractivity contribution >= 4 is 50.7 Å². The van der Waals surface area contributed by atoms with Crippen LogP contribution in [0.2, 0.25) is 0 Å². The Morgan fingerprint density at radius 2 is 1.73 bits per heavy atom. The van der Waals surface area contributed by atoms with Crippen molar-refractivity contribution in [3.63, 3.8) is 0 Å². The Bertz CT molecular complexity index is 916. The molecule has 0 saturated heterocycles. The molecule has 0 bridgehead atoms. The number of pyridine rings is 1. The van der Waals surface area contributed by atoms with Gasteiger partial charge in [-0.2, -0.15) is 0 Å². The Hall–Kier alpha value is -3.20. The van der Waals surface area contributed by atoms with E-state index >= 15 is 0 Å². The van der Waals surface area contributed by atoms with Crippen molar-refractivity contribution in [3.8, 4) is 0 Å². The molecule has 3 rings (SSSR count). The SMILES string of the molecule is COC(=O)c1ccc(Nc2ncnc(Nc3ccc(Br)cn3)c2N)cc1. The van der Waals surface area contributed by atoms with E-state index in [4.69, 9.17) is 5.73 Å². The smallest absolute Gasteiger partial charge is 0.337 e. The topological polar surface area (TPSA) is 115 Å². The molecule has 0 unspecified atom stereocenters. The van der Waals surface area contributed by atoms with Gasteiger partial charge in [0.25, 0.3) is 0 Å². The second-order valence-electron chi connectivity index (χ2n) is 5.17. The molecule has 0 amide bonds. The van der Waals surface area contributed by atoms with Gasteiger partial charge in [-0.15, -0.1) is 0 Å². The Kier molecular flexibility index (Phi) is 5.28. The Morgan fingerprint density at radius 1 is 1.04 bits per heavy atom. The van der Waals surface area contributed by atoms with E-state index < -0.39 is 5.97 Å². The number of carbonyl (C=O) groups excluding carboxylic acids is 1. The molecule has 132 valence electrons. The predicted molar refractivity (Wildman–Crippen MR) is 103 cm³/mol. The minimum Gasteiger partial charge on any atom is -0.465 e. The normalized spacial score (nSPS) is 10.2. The third-order valence-corrected chi connectivity index (χ3v) is 3.90. The number of anilines is 5. The average Bonchev–Trinajstić information content (AvgIpc) is 2.66. The summed E-state index contributed by atoms with van der Waals surface area (Å²) in [5.41, 5.74) is 7.66. The largest absolute Gasteiger partial charge is 0.465 e. The van der Waals surface area contributed by atoms with Crippen LogP contribution >= 0.6 is 15.9 Å². The van der Waals surface area contributed by atoms with E-state index in [2.05, 4.69) is 46.3 Å². The number of halogens is 1. The second kappa shape index (κ2) is 7.79. The molecule has 0 aliphatic carbocycles. The van der Waals surface area contributed by atoms with Gasteiger partial charge in [-0.25, -0.2) is 19.7 Å². The summed E-state index contributed by atoms with van der Waals surface area (Å²) in [6.45, 7) is 0. The van der Waals surface area contributed by atoms with Crippen molar-refractivity contribution in [2.45, 2.75) is 0 Å². The summed E-state index contributed by atoms with van der Waals surface area (Å²) in [4.78, 5) is 24.0. The molecule has 4 N–H and O–H groups in total. The number of hydrogen-bond acceptors (Lipinski definition) is 8. The molecule has 0 aliphatic rings. The summed E-state index contributed by atoms with van der Waals surface area (Å²) in [5.74, 6) is 1.08. The lowest BCUT2D eigenvalue weighted by molar-refractivity contribution is 0.0601. The molecular formula is C17H15BrN6O2. The van der Waals surface area contributed by atoms with Gasteiger partial charge in [0.05, 0.1) is 12.7 Å². The van der Waals surface area contributed by atoms with E-state index in [-0.39, 0.29) is 0 Å². The lowest BCUT2D eigenvalue weighted by Gasteiger charge is -2.12. The van der Waals surface area contributed by atoms with Crippen LogP contribution in [0.1, 0.15) is 10.4 Å². The quantitative estimate of drug-likeness (QED) is 0.543. The molecule has 0 aliphatic heterocycles. The maximum atomic E-state index is 11.5. The van der Waals surface area contributed by atoms with Gasteiger partial charge >= 0.3 is 5.97 Å².